The second-order valence-electron chi connectivity index (χ2n) is 3.55. The Labute approximate surface area is 102 Å². The normalized spacial score (nSPS) is 13.3. The lowest BCUT2D eigenvalue weighted by molar-refractivity contribution is 0.0493. The Morgan fingerprint density at radius 3 is 2.83 bits per heavy atom. The number of ether oxygens (including phenoxy) is 2. The smallest absolute Gasteiger partial charge is 0.350 e. The van der Waals surface area contributed by atoms with E-state index in [9.17, 15) is 9.36 Å². The highest BCUT2D eigenvalue weighted by atomic mass is 31.2. The summed E-state index contributed by atoms with van der Waals surface area (Å²) in [5, 5.41) is 0. The summed E-state index contributed by atoms with van der Waals surface area (Å²) in [6.07, 6.45) is -1.26. The number of nitrogens with zero attached hydrogens (tertiary/aromatic N) is 1. The van der Waals surface area contributed by atoms with Crippen molar-refractivity contribution < 1.29 is 23.8 Å². The Morgan fingerprint density at radius 2 is 2.28 bits per heavy atom. The predicted octanol–water partition coefficient (Wildman–Crippen LogP) is -0.729. The lowest BCUT2D eigenvalue weighted by Crippen LogP contribution is -2.20. The van der Waals surface area contributed by atoms with Crippen LogP contribution >= 0.6 is 7.60 Å². The Balaban J connectivity index is 2.45. The van der Waals surface area contributed by atoms with Gasteiger partial charge in [-0.2, -0.15) is 4.98 Å². The topological polar surface area (TPSA) is 148 Å². The molecule has 0 saturated carbocycles. The molecule has 1 rings (SSSR count). The lowest BCUT2D eigenvalue weighted by atomic mass is 10.4. The fraction of sp³-hybridized carbons (Fsp3) is 0.500. The molecule has 0 fully saturated rings. The Kier molecular flexibility index (Phi) is 4.85. The van der Waals surface area contributed by atoms with Gasteiger partial charge in [-0.3, -0.25) is 14.3 Å². The van der Waals surface area contributed by atoms with Crippen molar-refractivity contribution in [2.75, 3.05) is 18.7 Å². The van der Waals surface area contributed by atoms with Gasteiger partial charge < -0.3 is 25.0 Å². The van der Waals surface area contributed by atoms with E-state index in [2.05, 4.69) is 9.97 Å². The molecule has 1 heterocycles. The zero-order valence-electron chi connectivity index (χ0n) is 9.57. The fourth-order valence-corrected chi connectivity index (χ4v) is 1.45. The van der Waals surface area contributed by atoms with Crippen LogP contribution in [0.5, 0.6) is 5.88 Å². The van der Waals surface area contributed by atoms with E-state index in [1.807, 2.05) is 0 Å². The molecule has 0 bridgehead atoms. The molecule has 0 aliphatic carbocycles. The van der Waals surface area contributed by atoms with Gasteiger partial charge in [0.1, 0.15) is 13.0 Å². The molecule has 0 spiro atoms. The molecular weight excluding hydrogens is 265 g/mol. The number of aromatic amines is 1. The average molecular weight is 279 g/mol. The van der Waals surface area contributed by atoms with Crippen molar-refractivity contribution in [2.24, 2.45) is 0 Å². The number of hydrogen-bond donors (Lipinski definition) is 4. The Bertz CT molecular complexity index is 498. The van der Waals surface area contributed by atoms with Crippen molar-refractivity contribution in [3.8, 4) is 5.88 Å². The Hall–Kier alpha value is -1.41. The predicted molar refractivity (Wildman–Crippen MR) is 62.2 cm³/mol. The quantitative estimate of drug-likeness (QED) is 0.498. The average Bonchev–Trinajstić information content (AvgIpc) is 2.21. The lowest BCUT2D eigenvalue weighted by Gasteiger charge is -2.14. The minimum Gasteiger partial charge on any atom is -0.475 e. The zero-order chi connectivity index (χ0) is 13.8. The molecule has 18 heavy (non-hydrogen) atoms. The molecule has 9 nitrogen and oxygen atoms in total. The number of nitrogens with two attached hydrogens (primary N) is 1. The van der Waals surface area contributed by atoms with Crippen LogP contribution < -0.4 is 16.0 Å². The minimum atomic E-state index is -4.20. The highest BCUT2D eigenvalue weighted by Gasteiger charge is 2.15. The maximum atomic E-state index is 11.0. The van der Waals surface area contributed by atoms with Crippen molar-refractivity contribution in [2.45, 2.75) is 13.0 Å². The number of rotatable bonds is 6. The molecule has 0 amide bonds. The number of anilines is 1. The minimum absolute atomic E-state index is 0.0166. The summed E-state index contributed by atoms with van der Waals surface area (Å²) in [5.74, 6) is -0.0656. The van der Waals surface area contributed by atoms with Crippen molar-refractivity contribution >= 4 is 13.5 Å². The molecule has 0 aliphatic rings. The van der Waals surface area contributed by atoms with E-state index < -0.39 is 25.6 Å². The summed E-state index contributed by atoms with van der Waals surface area (Å²) in [6.45, 7) is 1.54. The molecular formula is C8H14N3O6P. The van der Waals surface area contributed by atoms with Gasteiger partial charge >= 0.3 is 7.60 Å². The van der Waals surface area contributed by atoms with Crippen LogP contribution in [-0.4, -0.2) is 38.8 Å². The van der Waals surface area contributed by atoms with E-state index in [4.69, 9.17) is 25.0 Å². The summed E-state index contributed by atoms with van der Waals surface area (Å²) >= 11 is 0. The largest absolute Gasteiger partial charge is 0.475 e. The summed E-state index contributed by atoms with van der Waals surface area (Å²) in [4.78, 5) is 34.2. The first-order valence-corrected chi connectivity index (χ1v) is 6.72. The zero-order valence-corrected chi connectivity index (χ0v) is 10.5. The van der Waals surface area contributed by atoms with Gasteiger partial charge in [0.05, 0.1) is 12.2 Å². The molecule has 5 N–H and O–H groups in total. The Morgan fingerprint density at radius 1 is 1.61 bits per heavy atom. The van der Waals surface area contributed by atoms with Crippen LogP contribution in [0.3, 0.4) is 0 Å². The first-order valence-electron chi connectivity index (χ1n) is 4.92. The van der Waals surface area contributed by atoms with Crippen molar-refractivity contribution in [1.29, 1.82) is 0 Å². The second kappa shape index (κ2) is 5.96. The first-order chi connectivity index (χ1) is 8.26. The van der Waals surface area contributed by atoms with Crippen LogP contribution in [0, 0.1) is 0 Å². The van der Waals surface area contributed by atoms with E-state index in [1.165, 1.54) is 0 Å². The van der Waals surface area contributed by atoms with Gasteiger partial charge in [-0.05, 0) is 6.92 Å². The standard InChI is InChI=1S/C8H14N3O6P/c1-5(17-4-18(13,14)15)3-16-7-2-6(12)10-8(9)11-7/h2,5H,3-4H2,1H3,(H2,13,14,15)(H3,9,10,11,12)/t5-/m1/s1. The van der Waals surface area contributed by atoms with Crippen LogP contribution in [0.2, 0.25) is 0 Å². The van der Waals surface area contributed by atoms with E-state index in [0.29, 0.717) is 0 Å². The van der Waals surface area contributed by atoms with Crippen LogP contribution in [-0.2, 0) is 9.30 Å². The van der Waals surface area contributed by atoms with E-state index in [-0.39, 0.29) is 18.4 Å². The molecule has 1 aromatic rings. The van der Waals surface area contributed by atoms with E-state index in [0.717, 1.165) is 6.07 Å². The monoisotopic (exact) mass is 279 g/mol. The number of nitrogens with one attached hydrogen (secondary N) is 1. The van der Waals surface area contributed by atoms with Crippen molar-refractivity contribution in [3.63, 3.8) is 0 Å². The summed E-state index contributed by atoms with van der Waals surface area (Å²) in [5.41, 5.74) is 4.84. The van der Waals surface area contributed by atoms with Gasteiger partial charge in [0.15, 0.2) is 0 Å². The summed E-state index contributed by atoms with van der Waals surface area (Å²) in [7, 11) is -4.20. The molecule has 1 atom stereocenters. The fourth-order valence-electron chi connectivity index (χ4n) is 1.00. The summed E-state index contributed by atoms with van der Waals surface area (Å²) < 4.78 is 20.5. The van der Waals surface area contributed by atoms with Gasteiger partial charge in [0.25, 0.3) is 5.56 Å². The van der Waals surface area contributed by atoms with E-state index >= 15 is 0 Å². The highest BCUT2D eigenvalue weighted by Crippen LogP contribution is 2.34. The summed E-state index contributed by atoms with van der Waals surface area (Å²) in [6, 6.07) is 1.10. The van der Waals surface area contributed by atoms with Gasteiger partial charge in [-0.1, -0.05) is 0 Å². The maximum Gasteiger partial charge on any atom is 0.350 e. The highest BCUT2D eigenvalue weighted by molar-refractivity contribution is 7.51. The molecule has 0 aliphatic heterocycles. The molecule has 0 aromatic carbocycles. The number of H-pyrrole nitrogens is 1. The SMILES string of the molecule is C[C@H](COc1cc(=O)[nH]c(N)n1)OCP(=O)(O)O. The maximum absolute atomic E-state index is 11.0. The van der Waals surface area contributed by atoms with Crippen molar-refractivity contribution in [1.82, 2.24) is 9.97 Å². The van der Waals surface area contributed by atoms with Crippen LogP contribution in [0.4, 0.5) is 5.95 Å². The third-order valence-electron chi connectivity index (χ3n) is 1.73. The third-order valence-corrected chi connectivity index (χ3v) is 2.22. The van der Waals surface area contributed by atoms with Gasteiger partial charge in [-0.15, -0.1) is 0 Å². The van der Waals surface area contributed by atoms with Crippen LogP contribution in [0.1, 0.15) is 6.92 Å². The van der Waals surface area contributed by atoms with E-state index in [1.54, 1.807) is 6.92 Å². The number of hydrogen-bond acceptors (Lipinski definition) is 6. The first kappa shape index (κ1) is 14.7. The second-order valence-corrected chi connectivity index (χ2v) is 5.14. The molecule has 1 aromatic heterocycles. The number of aromatic nitrogens is 2. The van der Waals surface area contributed by atoms with Gasteiger partial charge in [0, 0.05) is 0 Å². The molecule has 10 heteroatoms. The van der Waals surface area contributed by atoms with Crippen molar-refractivity contribution in [3.05, 3.63) is 16.4 Å². The van der Waals surface area contributed by atoms with Gasteiger partial charge in [0.2, 0.25) is 11.8 Å². The number of nitrogen functional groups attached to an aromatic ring is 1. The molecule has 0 saturated heterocycles. The third kappa shape index (κ3) is 5.78. The van der Waals surface area contributed by atoms with Gasteiger partial charge in [-0.25, -0.2) is 0 Å². The van der Waals surface area contributed by atoms with Crippen LogP contribution in [0.25, 0.3) is 0 Å². The molecule has 102 valence electrons. The molecule has 0 unspecified atom stereocenters. The van der Waals surface area contributed by atoms with Crippen LogP contribution in [0.15, 0.2) is 10.9 Å². The molecule has 0 radical (unpaired) electrons.